The number of aryl methyl sites for hydroxylation is 2. The molecule has 0 amide bonds. The zero-order chi connectivity index (χ0) is 15.6. The average Bonchev–Trinajstić information content (AvgIpc) is 2.43. The van der Waals surface area contributed by atoms with Crippen LogP contribution in [0.15, 0.2) is 21.3 Å². The fourth-order valence-electron chi connectivity index (χ4n) is 2.04. The molecule has 0 saturated carbocycles. The van der Waals surface area contributed by atoms with Crippen molar-refractivity contribution in [3.05, 3.63) is 49.4 Å². The van der Waals surface area contributed by atoms with Gasteiger partial charge in [-0.15, -0.1) is 10.1 Å². The third-order valence-corrected chi connectivity index (χ3v) is 3.36. The van der Waals surface area contributed by atoms with Crippen LogP contribution in [0.4, 0.5) is 0 Å². The summed E-state index contributed by atoms with van der Waals surface area (Å²) < 4.78 is 10.7. The van der Waals surface area contributed by atoms with E-state index in [0.717, 1.165) is 10.9 Å². The van der Waals surface area contributed by atoms with Gasteiger partial charge < -0.3 is 14.0 Å². The summed E-state index contributed by atoms with van der Waals surface area (Å²) in [5.41, 5.74) is 2.21. The maximum atomic E-state index is 11.8. The molecule has 0 atom stereocenters. The van der Waals surface area contributed by atoms with Crippen LogP contribution in [0.5, 0.6) is 5.75 Å². The molecule has 1 aromatic heterocycles. The molecule has 0 N–H and O–H groups in total. The lowest BCUT2D eigenvalue weighted by Gasteiger charge is -2.11. The predicted octanol–water partition coefficient (Wildman–Crippen LogP) is 2.31. The number of hydrogen-bond acceptors (Lipinski definition) is 6. The van der Waals surface area contributed by atoms with E-state index in [9.17, 15) is 14.9 Å². The Morgan fingerprint density at radius 1 is 1.14 bits per heavy atom. The molecule has 7 nitrogen and oxygen atoms in total. The second-order valence-corrected chi connectivity index (χ2v) is 4.61. The van der Waals surface area contributed by atoms with Crippen molar-refractivity contribution in [2.45, 2.75) is 20.8 Å². The van der Waals surface area contributed by atoms with Gasteiger partial charge in [0.2, 0.25) is 0 Å². The Balaban J connectivity index is 2.32. The summed E-state index contributed by atoms with van der Waals surface area (Å²) in [5, 5.41) is 10.0. The van der Waals surface area contributed by atoms with Crippen molar-refractivity contribution in [2.75, 3.05) is 13.2 Å². The summed E-state index contributed by atoms with van der Waals surface area (Å²) >= 11 is 0. The Labute approximate surface area is 120 Å². The van der Waals surface area contributed by atoms with E-state index in [0.29, 0.717) is 22.5 Å². The minimum atomic E-state index is -0.873. The SMILES string of the molecule is Cc1c(C)c2ccc(OCCO[N+](=O)[O-])c(C)c2oc1=O. The molecule has 112 valence electrons. The van der Waals surface area contributed by atoms with Gasteiger partial charge in [-0.3, -0.25) is 0 Å². The van der Waals surface area contributed by atoms with E-state index < -0.39 is 5.09 Å². The highest BCUT2D eigenvalue weighted by molar-refractivity contribution is 5.85. The third-order valence-electron chi connectivity index (χ3n) is 3.36. The molecule has 0 bridgehead atoms. The van der Waals surface area contributed by atoms with Gasteiger partial charge in [-0.2, -0.15) is 0 Å². The quantitative estimate of drug-likeness (QED) is 0.363. The Hall–Kier alpha value is -2.57. The van der Waals surface area contributed by atoms with Crippen LogP contribution in [0.2, 0.25) is 0 Å². The summed E-state index contributed by atoms with van der Waals surface area (Å²) in [6.07, 6.45) is 0. The van der Waals surface area contributed by atoms with Crippen LogP contribution in [-0.2, 0) is 4.84 Å². The highest BCUT2D eigenvalue weighted by Crippen LogP contribution is 2.29. The first-order chi connectivity index (χ1) is 9.91. The average molecular weight is 293 g/mol. The van der Waals surface area contributed by atoms with Gasteiger partial charge in [-0.05, 0) is 38.5 Å². The molecule has 1 aromatic carbocycles. The smallest absolute Gasteiger partial charge is 0.339 e. The van der Waals surface area contributed by atoms with Crippen LogP contribution < -0.4 is 10.4 Å². The van der Waals surface area contributed by atoms with Gasteiger partial charge in [-0.25, -0.2) is 4.79 Å². The summed E-state index contributed by atoms with van der Waals surface area (Å²) in [5.74, 6) is 0.501. The van der Waals surface area contributed by atoms with E-state index in [2.05, 4.69) is 4.84 Å². The minimum absolute atomic E-state index is 0.0302. The zero-order valence-electron chi connectivity index (χ0n) is 12.0. The monoisotopic (exact) mass is 293 g/mol. The minimum Gasteiger partial charge on any atom is -0.491 e. The maximum absolute atomic E-state index is 11.8. The van der Waals surface area contributed by atoms with E-state index in [-0.39, 0.29) is 18.8 Å². The van der Waals surface area contributed by atoms with E-state index in [1.807, 2.05) is 6.92 Å². The van der Waals surface area contributed by atoms with Crippen molar-refractivity contribution in [3.63, 3.8) is 0 Å². The largest absolute Gasteiger partial charge is 0.491 e. The number of ether oxygens (including phenoxy) is 1. The second kappa shape index (κ2) is 5.82. The van der Waals surface area contributed by atoms with Gasteiger partial charge in [-0.1, -0.05) is 0 Å². The van der Waals surface area contributed by atoms with Gasteiger partial charge in [0, 0.05) is 16.5 Å². The van der Waals surface area contributed by atoms with Crippen molar-refractivity contribution in [3.8, 4) is 5.75 Å². The lowest BCUT2D eigenvalue weighted by Crippen LogP contribution is -2.11. The molecule has 2 aromatic rings. The molecule has 7 heteroatoms. The summed E-state index contributed by atoms with van der Waals surface area (Å²) in [6, 6.07) is 3.55. The Kier molecular flexibility index (Phi) is 4.11. The van der Waals surface area contributed by atoms with Crippen molar-refractivity contribution in [2.24, 2.45) is 0 Å². The normalized spacial score (nSPS) is 10.6. The Bertz CT molecular complexity index is 749. The van der Waals surface area contributed by atoms with Crippen molar-refractivity contribution in [1.29, 1.82) is 0 Å². The summed E-state index contributed by atoms with van der Waals surface area (Å²) in [4.78, 5) is 26.0. The molecule has 1 heterocycles. The molecule has 0 aliphatic heterocycles. The van der Waals surface area contributed by atoms with Gasteiger partial charge in [0.1, 0.15) is 24.5 Å². The first kappa shape index (κ1) is 14.8. The molecule has 2 rings (SSSR count). The van der Waals surface area contributed by atoms with Crippen LogP contribution in [0.25, 0.3) is 11.0 Å². The predicted molar refractivity (Wildman–Crippen MR) is 75.1 cm³/mol. The van der Waals surface area contributed by atoms with Crippen LogP contribution >= 0.6 is 0 Å². The molecule has 0 fully saturated rings. The first-order valence-corrected chi connectivity index (χ1v) is 6.35. The number of rotatable bonds is 5. The standard InChI is InChI=1S/C14H15NO6/c1-8-9(2)14(16)21-13-10(3)12(5-4-11(8)13)19-6-7-20-15(17)18/h4-5H,6-7H2,1-3H3. The van der Waals surface area contributed by atoms with E-state index in [1.54, 1.807) is 26.0 Å². The van der Waals surface area contributed by atoms with Gasteiger partial charge in [0.15, 0.2) is 0 Å². The van der Waals surface area contributed by atoms with Crippen LogP contribution in [0.1, 0.15) is 16.7 Å². The molecular weight excluding hydrogens is 278 g/mol. The Morgan fingerprint density at radius 2 is 1.86 bits per heavy atom. The van der Waals surface area contributed by atoms with Crippen LogP contribution in [-0.4, -0.2) is 18.3 Å². The van der Waals surface area contributed by atoms with Crippen molar-refractivity contribution >= 4 is 11.0 Å². The maximum Gasteiger partial charge on any atom is 0.339 e. The van der Waals surface area contributed by atoms with Crippen molar-refractivity contribution < 1.29 is 19.1 Å². The molecule has 0 saturated heterocycles. The molecule has 0 unspecified atom stereocenters. The fraction of sp³-hybridized carbons (Fsp3) is 0.357. The molecule has 0 spiro atoms. The second-order valence-electron chi connectivity index (χ2n) is 4.61. The van der Waals surface area contributed by atoms with Gasteiger partial charge in [0.25, 0.3) is 5.09 Å². The van der Waals surface area contributed by atoms with Crippen LogP contribution in [0, 0.1) is 30.9 Å². The topological polar surface area (TPSA) is 91.8 Å². The third kappa shape index (κ3) is 2.96. The highest BCUT2D eigenvalue weighted by atomic mass is 17.0. The summed E-state index contributed by atoms with van der Waals surface area (Å²) in [6.45, 7) is 5.21. The van der Waals surface area contributed by atoms with Crippen LogP contribution in [0.3, 0.4) is 0 Å². The first-order valence-electron chi connectivity index (χ1n) is 6.35. The van der Waals surface area contributed by atoms with Crippen molar-refractivity contribution in [1.82, 2.24) is 0 Å². The number of benzene rings is 1. The van der Waals surface area contributed by atoms with E-state index in [1.165, 1.54) is 0 Å². The number of fused-ring (bicyclic) bond motifs is 1. The summed E-state index contributed by atoms with van der Waals surface area (Å²) in [7, 11) is 0. The lowest BCUT2D eigenvalue weighted by molar-refractivity contribution is -0.757. The zero-order valence-corrected chi connectivity index (χ0v) is 12.0. The molecule has 0 radical (unpaired) electrons. The lowest BCUT2D eigenvalue weighted by atomic mass is 10.0. The highest BCUT2D eigenvalue weighted by Gasteiger charge is 2.12. The molecule has 0 aliphatic rings. The molecular formula is C14H15NO6. The Morgan fingerprint density at radius 3 is 2.52 bits per heavy atom. The molecule has 21 heavy (non-hydrogen) atoms. The van der Waals surface area contributed by atoms with Gasteiger partial charge >= 0.3 is 5.63 Å². The fourth-order valence-corrected chi connectivity index (χ4v) is 2.04. The van der Waals surface area contributed by atoms with E-state index in [4.69, 9.17) is 9.15 Å². The molecule has 0 aliphatic carbocycles. The van der Waals surface area contributed by atoms with Gasteiger partial charge in [0.05, 0.1) is 0 Å². The number of nitrogens with zero attached hydrogens (tertiary/aromatic N) is 1. The van der Waals surface area contributed by atoms with E-state index >= 15 is 0 Å². The number of hydrogen-bond donors (Lipinski definition) is 0.